The summed E-state index contributed by atoms with van der Waals surface area (Å²) >= 11 is 1.70. The van der Waals surface area contributed by atoms with Crippen LogP contribution in [-0.4, -0.2) is 34.8 Å². The van der Waals surface area contributed by atoms with Crippen molar-refractivity contribution in [1.82, 2.24) is 20.8 Å². The molecule has 0 aromatic carbocycles. The van der Waals surface area contributed by atoms with Crippen molar-refractivity contribution in [3.8, 4) is 0 Å². The Bertz CT molecular complexity index is 313. The number of hydrogen-bond donors (Lipinski definition) is 3. The lowest BCUT2D eigenvalue weighted by molar-refractivity contribution is 0.241. The van der Waals surface area contributed by atoms with Crippen LogP contribution >= 0.6 is 11.8 Å². The van der Waals surface area contributed by atoms with Crippen LogP contribution < -0.4 is 10.6 Å². The van der Waals surface area contributed by atoms with Gasteiger partial charge in [0.15, 0.2) is 0 Å². The van der Waals surface area contributed by atoms with Gasteiger partial charge in [-0.3, -0.25) is 5.10 Å². The van der Waals surface area contributed by atoms with Crippen LogP contribution in [0, 0.1) is 6.92 Å². The zero-order valence-electron chi connectivity index (χ0n) is 8.96. The molecule has 0 spiro atoms. The van der Waals surface area contributed by atoms with Crippen LogP contribution in [0.25, 0.3) is 0 Å². The number of H-pyrrole nitrogens is 1. The number of carbonyl (C=O) groups excluding carboxylic acids is 1. The highest BCUT2D eigenvalue weighted by atomic mass is 32.2. The molecule has 1 aromatic heterocycles. The Kier molecular flexibility index (Phi) is 5.03. The molecule has 0 radical (unpaired) electrons. The Morgan fingerprint density at radius 2 is 2.40 bits per heavy atom. The van der Waals surface area contributed by atoms with Crippen LogP contribution in [0.5, 0.6) is 0 Å². The van der Waals surface area contributed by atoms with Crippen molar-refractivity contribution in [2.75, 3.05) is 18.6 Å². The Morgan fingerprint density at radius 3 is 3.00 bits per heavy atom. The van der Waals surface area contributed by atoms with E-state index in [4.69, 9.17) is 0 Å². The van der Waals surface area contributed by atoms with E-state index in [0.29, 0.717) is 13.1 Å². The molecule has 15 heavy (non-hydrogen) atoms. The van der Waals surface area contributed by atoms with Crippen LogP contribution in [0.15, 0.2) is 6.20 Å². The molecule has 1 heterocycles. The molecule has 0 saturated carbocycles. The fourth-order valence-electron chi connectivity index (χ4n) is 1.06. The molecule has 0 aliphatic carbocycles. The number of thioether (sulfide) groups is 1. The minimum atomic E-state index is -0.135. The summed E-state index contributed by atoms with van der Waals surface area (Å²) < 4.78 is 0. The van der Waals surface area contributed by atoms with E-state index in [1.807, 2.05) is 13.2 Å². The molecular formula is C9H16N4OS. The summed E-state index contributed by atoms with van der Waals surface area (Å²) in [5.41, 5.74) is 1.99. The van der Waals surface area contributed by atoms with Crippen molar-refractivity contribution in [2.45, 2.75) is 13.5 Å². The highest BCUT2D eigenvalue weighted by Crippen LogP contribution is 2.00. The van der Waals surface area contributed by atoms with E-state index in [0.717, 1.165) is 17.0 Å². The maximum absolute atomic E-state index is 11.3. The van der Waals surface area contributed by atoms with E-state index in [1.54, 1.807) is 18.0 Å². The van der Waals surface area contributed by atoms with E-state index in [1.165, 1.54) is 0 Å². The lowest BCUT2D eigenvalue weighted by atomic mass is 10.3. The molecule has 0 bridgehead atoms. The second kappa shape index (κ2) is 6.34. The first-order valence-electron chi connectivity index (χ1n) is 4.73. The summed E-state index contributed by atoms with van der Waals surface area (Å²) in [6.07, 6.45) is 3.73. The number of amides is 2. The average molecular weight is 228 g/mol. The van der Waals surface area contributed by atoms with Crippen molar-refractivity contribution < 1.29 is 4.79 Å². The predicted octanol–water partition coefficient (Wildman–Crippen LogP) is 0.880. The molecule has 84 valence electrons. The smallest absolute Gasteiger partial charge is 0.315 e. The van der Waals surface area contributed by atoms with Gasteiger partial charge in [-0.15, -0.1) is 0 Å². The van der Waals surface area contributed by atoms with Crippen LogP contribution in [0.4, 0.5) is 4.79 Å². The summed E-state index contributed by atoms with van der Waals surface area (Å²) in [6, 6.07) is -0.135. The number of aryl methyl sites for hydroxylation is 1. The first kappa shape index (κ1) is 11.9. The highest BCUT2D eigenvalue weighted by molar-refractivity contribution is 7.98. The highest BCUT2D eigenvalue weighted by Gasteiger charge is 2.02. The number of nitrogens with one attached hydrogen (secondary N) is 3. The minimum absolute atomic E-state index is 0.135. The molecule has 2 amide bonds. The van der Waals surface area contributed by atoms with Gasteiger partial charge in [-0.05, 0) is 13.2 Å². The van der Waals surface area contributed by atoms with Gasteiger partial charge in [-0.25, -0.2) is 4.79 Å². The molecule has 0 unspecified atom stereocenters. The van der Waals surface area contributed by atoms with E-state index in [2.05, 4.69) is 20.8 Å². The first-order valence-corrected chi connectivity index (χ1v) is 6.13. The summed E-state index contributed by atoms with van der Waals surface area (Å²) in [4.78, 5) is 11.3. The van der Waals surface area contributed by atoms with Crippen LogP contribution in [0.3, 0.4) is 0 Å². The van der Waals surface area contributed by atoms with E-state index in [9.17, 15) is 4.79 Å². The standard InChI is InChI=1S/C9H16N4OS/c1-7-8(6-12-13-7)5-11-9(14)10-3-4-15-2/h6H,3-5H2,1-2H3,(H,12,13)(H2,10,11,14). The molecule has 1 aromatic rings. The lowest BCUT2D eigenvalue weighted by Gasteiger charge is -2.05. The average Bonchev–Trinajstić information content (AvgIpc) is 2.61. The molecule has 0 aliphatic heterocycles. The van der Waals surface area contributed by atoms with Gasteiger partial charge in [0.05, 0.1) is 6.20 Å². The van der Waals surface area contributed by atoms with Crippen molar-refractivity contribution in [1.29, 1.82) is 0 Å². The molecule has 6 heteroatoms. The van der Waals surface area contributed by atoms with Gasteiger partial charge >= 0.3 is 6.03 Å². The summed E-state index contributed by atoms with van der Waals surface area (Å²) in [5, 5.41) is 12.2. The van der Waals surface area contributed by atoms with Gasteiger partial charge in [-0.1, -0.05) is 0 Å². The largest absolute Gasteiger partial charge is 0.337 e. The normalized spacial score (nSPS) is 10.0. The Hall–Kier alpha value is -1.17. The van der Waals surface area contributed by atoms with Gasteiger partial charge in [0.2, 0.25) is 0 Å². The lowest BCUT2D eigenvalue weighted by Crippen LogP contribution is -2.36. The molecule has 3 N–H and O–H groups in total. The van der Waals surface area contributed by atoms with Gasteiger partial charge in [0.1, 0.15) is 0 Å². The summed E-state index contributed by atoms with van der Waals surface area (Å²) in [6.45, 7) is 3.13. The third-order valence-corrected chi connectivity index (χ3v) is 2.58. The van der Waals surface area contributed by atoms with Crippen LogP contribution in [-0.2, 0) is 6.54 Å². The van der Waals surface area contributed by atoms with E-state index in [-0.39, 0.29) is 6.03 Å². The van der Waals surface area contributed by atoms with E-state index >= 15 is 0 Å². The van der Waals surface area contributed by atoms with Gasteiger partial charge in [-0.2, -0.15) is 16.9 Å². The second-order valence-electron chi connectivity index (χ2n) is 3.12. The molecule has 5 nitrogen and oxygen atoms in total. The number of urea groups is 1. The monoisotopic (exact) mass is 228 g/mol. The third kappa shape index (κ3) is 4.24. The Labute approximate surface area is 93.4 Å². The molecule has 1 rings (SSSR count). The number of rotatable bonds is 5. The number of aromatic nitrogens is 2. The maximum atomic E-state index is 11.3. The zero-order chi connectivity index (χ0) is 11.1. The summed E-state index contributed by atoms with van der Waals surface area (Å²) in [5.74, 6) is 0.929. The maximum Gasteiger partial charge on any atom is 0.315 e. The van der Waals surface area contributed by atoms with Crippen LogP contribution in [0.1, 0.15) is 11.3 Å². The van der Waals surface area contributed by atoms with Crippen molar-refractivity contribution >= 4 is 17.8 Å². The van der Waals surface area contributed by atoms with Crippen LogP contribution in [0.2, 0.25) is 0 Å². The topological polar surface area (TPSA) is 69.8 Å². The number of nitrogens with zero attached hydrogens (tertiary/aromatic N) is 1. The summed E-state index contributed by atoms with van der Waals surface area (Å²) in [7, 11) is 0. The van der Waals surface area contributed by atoms with Gasteiger partial charge in [0.25, 0.3) is 0 Å². The fraction of sp³-hybridized carbons (Fsp3) is 0.556. The quantitative estimate of drug-likeness (QED) is 0.655. The van der Waals surface area contributed by atoms with Crippen molar-refractivity contribution in [2.24, 2.45) is 0 Å². The third-order valence-electron chi connectivity index (χ3n) is 1.97. The zero-order valence-corrected chi connectivity index (χ0v) is 9.78. The van der Waals surface area contributed by atoms with Crippen molar-refractivity contribution in [3.05, 3.63) is 17.5 Å². The fourth-order valence-corrected chi connectivity index (χ4v) is 1.36. The number of hydrogen-bond acceptors (Lipinski definition) is 3. The Balaban J connectivity index is 2.20. The SMILES string of the molecule is CSCCNC(=O)NCc1cn[nH]c1C. The minimum Gasteiger partial charge on any atom is -0.337 e. The van der Waals surface area contributed by atoms with Gasteiger partial charge < -0.3 is 10.6 Å². The molecule has 0 fully saturated rings. The molecule has 0 atom stereocenters. The molecular weight excluding hydrogens is 212 g/mol. The van der Waals surface area contributed by atoms with Crippen molar-refractivity contribution in [3.63, 3.8) is 0 Å². The number of aromatic amines is 1. The molecule has 0 aliphatic rings. The van der Waals surface area contributed by atoms with E-state index < -0.39 is 0 Å². The second-order valence-corrected chi connectivity index (χ2v) is 4.11. The van der Waals surface area contributed by atoms with Gasteiger partial charge in [0, 0.05) is 30.1 Å². The number of carbonyl (C=O) groups is 1. The first-order chi connectivity index (χ1) is 7.24. The predicted molar refractivity (Wildman–Crippen MR) is 61.9 cm³/mol. The molecule has 0 saturated heterocycles. The Morgan fingerprint density at radius 1 is 1.60 bits per heavy atom.